The molecule has 6 heteroatoms. The van der Waals surface area contributed by atoms with Gasteiger partial charge in [-0.3, -0.25) is 14.7 Å². The Bertz CT molecular complexity index is 788. The molecule has 1 atom stereocenters. The van der Waals surface area contributed by atoms with Crippen LogP contribution < -0.4 is 0 Å². The normalized spacial score (nSPS) is 12.2. The molecule has 0 radical (unpaired) electrons. The first kappa shape index (κ1) is 22.4. The van der Waals surface area contributed by atoms with Crippen LogP contribution in [0.2, 0.25) is 0 Å². The van der Waals surface area contributed by atoms with Gasteiger partial charge < -0.3 is 9.64 Å². The highest BCUT2D eigenvalue weighted by Crippen LogP contribution is 2.15. The van der Waals surface area contributed by atoms with Crippen molar-refractivity contribution in [3.63, 3.8) is 0 Å². The second kappa shape index (κ2) is 10.0. The fourth-order valence-corrected chi connectivity index (χ4v) is 2.88. The number of benzene rings is 1. The molecule has 156 valence electrons. The Hall–Kier alpha value is -2.89. The Balaban J connectivity index is 2.14. The molecule has 0 aliphatic rings. The molecule has 0 aliphatic carbocycles. The van der Waals surface area contributed by atoms with Crippen molar-refractivity contribution >= 4 is 12.0 Å². The fourth-order valence-electron chi connectivity index (χ4n) is 2.88. The molecule has 0 bridgehead atoms. The molecule has 0 spiro atoms. The maximum atomic E-state index is 13.2. The molecular weight excluding hydrogens is 366 g/mol. The lowest BCUT2D eigenvalue weighted by atomic mass is 10.0. The van der Waals surface area contributed by atoms with Gasteiger partial charge in [0.2, 0.25) is 5.91 Å². The van der Waals surface area contributed by atoms with E-state index in [4.69, 9.17) is 4.74 Å². The summed E-state index contributed by atoms with van der Waals surface area (Å²) in [4.78, 5) is 33.2. The quantitative estimate of drug-likeness (QED) is 0.717. The summed E-state index contributed by atoms with van der Waals surface area (Å²) in [5.41, 5.74) is 1.28. The van der Waals surface area contributed by atoms with Gasteiger partial charge in [-0.1, -0.05) is 36.4 Å². The van der Waals surface area contributed by atoms with Gasteiger partial charge in [-0.05, 0) is 38.5 Å². The molecule has 1 aromatic carbocycles. The number of carbonyl (C=O) groups is 2. The summed E-state index contributed by atoms with van der Waals surface area (Å²) < 4.78 is 5.48. The van der Waals surface area contributed by atoms with Crippen LogP contribution in [0, 0.1) is 0 Å². The zero-order valence-corrected chi connectivity index (χ0v) is 18.0. The van der Waals surface area contributed by atoms with E-state index in [-0.39, 0.29) is 5.91 Å². The second-order valence-electron chi connectivity index (χ2n) is 8.13. The van der Waals surface area contributed by atoms with E-state index < -0.39 is 17.7 Å². The van der Waals surface area contributed by atoms with Gasteiger partial charge in [0.1, 0.15) is 11.6 Å². The molecular formula is C23H31N3O3. The Morgan fingerprint density at radius 2 is 1.69 bits per heavy atom. The number of pyridine rings is 1. The van der Waals surface area contributed by atoms with E-state index in [0.29, 0.717) is 19.4 Å². The fraction of sp³-hybridized carbons (Fsp3) is 0.435. The molecule has 0 saturated carbocycles. The van der Waals surface area contributed by atoms with Crippen molar-refractivity contribution in [2.24, 2.45) is 0 Å². The van der Waals surface area contributed by atoms with E-state index in [2.05, 4.69) is 4.98 Å². The summed E-state index contributed by atoms with van der Waals surface area (Å²) in [5, 5.41) is 0. The van der Waals surface area contributed by atoms with E-state index in [1.165, 1.54) is 4.90 Å². The Morgan fingerprint density at radius 3 is 2.28 bits per heavy atom. The molecule has 6 nitrogen and oxygen atoms in total. The first-order valence-corrected chi connectivity index (χ1v) is 9.82. The molecule has 2 amide bonds. The zero-order valence-electron chi connectivity index (χ0n) is 18.0. The summed E-state index contributed by atoms with van der Waals surface area (Å²) >= 11 is 0. The summed E-state index contributed by atoms with van der Waals surface area (Å²) in [6, 6.07) is 14.8. The van der Waals surface area contributed by atoms with Crippen LogP contribution in [0.5, 0.6) is 0 Å². The van der Waals surface area contributed by atoms with Gasteiger partial charge in [-0.25, -0.2) is 4.79 Å². The molecule has 2 aromatic rings. The molecule has 1 unspecified atom stereocenters. The number of ether oxygens (including phenoxy) is 1. The van der Waals surface area contributed by atoms with Gasteiger partial charge in [-0.2, -0.15) is 0 Å². The van der Waals surface area contributed by atoms with Crippen molar-refractivity contribution in [3.8, 4) is 0 Å². The van der Waals surface area contributed by atoms with E-state index in [1.807, 2.05) is 69.3 Å². The van der Waals surface area contributed by atoms with Crippen LogP contribution in [-0.4, -0.2) is 59.1 Å². The lowest BCUT2D eigenvalue weighted by molar-refractivity contribution is -0.135. The number of rotatable bonds is 7. The maximum absolute atomic E-state index is 13.2. The van der Waals surface area contributed by atoms with Crippen LogP contribution >= 0.6 is 0 Å². The summed E-state index contributed by atoms with van der Waals surface area (Å²) in [6.45, 7) is 5.95. The summed E-state index contributed by atoms with van der Waals surface area (Å²) in [7, 11) is 3.37. The average molecular weight is 398 g/mol. The number of carbonyl (C=O) groups excluding carboxylic acids is 2. The predicted molar refractivity (Wildman–Crippen MR) is 114 cm³/mol. The molecule has 0 N–H and O–H groups in total. The van der Waals surface area contributed by atoms with Crippen molar-refractivity contribution < 1.29 is 14.3 Å². The van der Waals surface area contributed by atoms with Gasteiger partial charge in [-0.15, -0.1) is 0 Å². The minimum absolute atomic E-state index is 0.127. The molecule has 1 heterocycles. The van der Waals surface area contributed by atoms with Crippen LogP contribution in [-0.2, 0) is 22.4 Å². The third-order valence-electron chi connectivity index (χ3n) is 4.51. The van der Waals surface area contributed by atoms with Crippen LogP contribution in [0.3, 0.4) is 0 Å². The van der Waals surface area contributed by atoms with Gasteiger partial charge in [0, 0.05) is 45.4 Å². The van der Waals surface area contributed by atoms with Crippen molar-refractivity contribution in [3.05, 3.63) is 66.0 Å². The van der Waals surface area contributed by atoms with Gasteiger partial charge in [0.25, 0.3) is 0 Å². The van der Waals surface area contributed by atoms with E-state index in [0.717, 1.165) is 11.3 Å². The SMILES string of the molecule is CN(CCc1ccccn1)C(=O)C(Cc1ccccc1)N(C)C(=O)OC(C)(C)C. The number of hydrogen-bond acceptors (Lipinski definition) is 4. The number of likely N-dealkylation sites (N-methyl/N-ethyl adjacent to an activating group) is 2. The highest BCUT2D eigenvalue weighted by Gasteiger charge is 2.32. The van der Waals surface area contributed by atoms with Crippen LogP contribution in [0.15, 0.2) is 54.7 Å². The minimum Gasteiger partial charge on any atom is -0.444 e. The molecule has 29 heavy (non-hydrogen) atoms. The van der Waals surface area contributed by atoms with Crippen molar-refractivity contribution in [1.29, 1.82) is 0 Å². The Morgan fingerprint density at radius 1 is 1.03 bits per heavy atom. The van der Waals surface area contributed by atoms with Crippen molar-refractivity contribution in [1.82, 2.24) is 14.8 Å². The second-order valence-corrected chi connectivity index (χ2v) is 8.13. The number of nitrogens with zero attached hydrogens (tertiary/aromatic N) is 3. The minimum atomic E-state index is -0.652. The van der Waals surface area contributed by atoms with E-state index >= 15 is 0 Å². The molecule has 2 rings (SSSR count). The Labute approximate surface area is 173 Å². The lowest BCUT2D eigenvalue weighted by Gasteiger charge is -2.32. The Kier molecular flexibility index (Phi) is 7.76. The third-order valence-corrected chi connectivity index (χ3v) is 4.51. The number of amides is 2. The van der Waals surface area contributed by atoms with Crippen molar-refractivity contribution in [2.45, 2.75) is 45.3 Å². The van der Waals surface area contributed by atoms with Gasteiger partial charge >= 0.3 is 6.09 Å². The van der Waals surface area contributed by atoms with E-state index in [9.17, 15) is 9.59 Å². The van der Waals surface area contributed by atoms with Crippen LogP contribution in [0.1, 0.15) is 32.0 Å². The first-order chi connectivity index (χ1) is 13.7. The molecule has 0 fully saturated rings. The monoisotopic (exact) mass is 397 g/mol. The summed E-state index contributed by atoms with van der Waals surface area (Å²) in [5.74, 6) is -0.127. The average Bonchev–Trinajstić information content (AvgIpc) is 2.69. The predicted octanol–water partition coefficient (Wildman–Crippen LogP) is 3.56. The molecule has 1 aromatic heterocycles. The number of hydrogen-bond donors (Lipinski definition) is 0. The first-order valence-electron chi connectivity index (χ1n) is 9.82. The zero-order chi connectivity index (χ0) is 21.4. The van der Waals surface area contributed by atoms with Crippen LogP contribution in [0.25, 0.3) is 0 Å². The molecule has 0 aliphatic heterocycles. The van der Waals surface area contributed by atoms with Gasteiger partial charge in [0.15, 0.2) is 0 Å². The largest absolute Gasteiger partial charge is 0.444 e. The molecule has 0 saturated heterocycles. The maximum Gasteiger partial charge on any atom is 0.410 e. The van der Waals surface area contributed by atoms with E-state index in [1.54, 1.807) is 25.2 Å². The number of aromatic nitrogens is 1. The topological polar surface area (TPSA) is 62.7 Å². The highest BCUT2D eigenvalue weighted by atomic mass is 16.6. The van der Waals surface area contributed by atoms with Crippen LogP contribution in [0.4, 0.5) is 4.79 Å². The third kappa shape index (κ3) is 7.22. The smallest absolute Gasteiger partial charge is 0.410 e. The highest BCUT2D eigenvalue weighted by molar-refractivity contribution is 5.85. The standard InChI is InChI=1S/C23H31N3O3/c1-23(2,3)29-22(28)26(5)20(17-18-11-7-6-8-12-18)21(27)25(4)16-14-19-13-9-10-15-24-19/h6-13,15,20H,14,16-17H2,1-5H3. The summed E-state index contributed by atoms with van der Waals surface area (Å²) in [6.07, 6.45) is 2.30. The lowest BCUT2D eigenvalue weighted by Crippen LogP contribution is -2.51. The van der Waals surface area contributed by atoms with Gasteiger partial charge in [0.05, 0.1) is 0 Å². The van der Waals surface area contributed by atoms with Crippen molar-refractivity contribution in [2.75, 3.05) is 20.6 Å².